The Labute approximate surface area is 161 Å². The predicted molar refractivity (Wildman–Crippen MR) is 104 cm³/mol. The van der Waals surface area contributed by atoms with Gasteiger partial charge in [0.1, 0.15) is 5.82 Å². The van der Waals surface area contributed by atoms with E-state index < -0.39 is 0 Å². The van der Waals surface area contributed by atoms with E-state index in [1.807, 2.05) is 6.08 Å². The summed E-state index contributed by atoms with van der Waals surface area (Å²) in [6, 6.07) is 4.23. The smallest absolute Gasteiger partial charge is 0.246 e. The fourth-order valence-corrected chi connectivity index (χ4v) is 4.94. The zero-order valence-electron chi connectivity index (χ0n) is 14.7. The van der Waals surface area contributed by atoms with Crippen molar-refractivity contribution < 1.29 is 13.9 Å². The van der Waals surface area contributed by atoms with Crippen LogP contribution in [0.15, 0.2) is 35.3 Å². The molecule has 140 valence electrons. The lowest BCUT2D eigenvalue weighted by Crippen LogP contribution is -2.40. The summed E-state index contributed by atoms with van der Waals surface area (Å²) in [5, 5.41) is 0.405. The largest absolute Gasteiger partial charge is 0.378 e. The molecule has 2 heterocycles. The van der Waals surface area contributed by atoms with E-state index in [0.717, 1.165) is 6.42 Å². The summed E-state index contributed by atoms with van der Waals surface area (Å²) in [5.41, 5.74) is 7.12. The maximum atomic E-state index is 14.4. The molecule has 0 radical (unpaired) electrons. The quantitative estimate of drug-likeness (QED) is 0.639. The van der Waals surface area contributed by atoms with Gasteiger partial charge in [-0.05, 0) is 24.6 Å². The van der Waals surface area contributed by atoms with Gasteiger partial charge in [-0.3, -0.25) is 9.79 Å². The molecule has 1 aromatic rings. The van der Waals surface area contributed by atoms with Crippen LogP contribution >= 0.6 is 11.8 Å². The number of fused-ring (bicyclic) bond motifs is 1. The maximum absolute atomic E-state index is 14.4. The average molecular weight is 385 g/mol. The summed E-state index contributed by atoms with van der Waals surface area (Å²) in [6.45, 7) is 2.33. The van der Waals surface area contributed by atoms with Crippen LogP contribution < -0.4 is 5.73 Å². The summed E-state index contributed by atoms with van der Waals surface area (Å²) in [6.07, 6.45) is 9.77. The van der Waals surface area contributed by atoms with Crippen LogP contribution in [-0.4, -0.2) is 47.0 Å². The number of nitrogens with zero attached hydrogens (tertiary/aromatic N) is 2. The molecule has 3 atom stereocenters. The van der Waals surface area contributed by atoms with Gasteiger partial charge in [0.25, 0.3) is 0 Å². The van der Waals surface area contributed by atoms with Gasteiger partial charge in [0.15, 0.2) is 5.17 Å². The van der Waals surface area contributed by atoms with Crippen molar-refractivity contribution in [1.82, 2.24) is 4.90 Å². The lowest BCUT2D eigenvalue weighted by molar-refractivity contribution is -0.129. The Kier molecular flexibility index (Phi) is 4.70. The molecular formula is C20H20FN3O2S. The van der Waals surface area contributed by atoms with Crippen molar-refractivity contribution in [2.45, 2.75) is 17.2 Å². The normalized spacial score (nSPS) is 29.8. The maximum Gasteiger partial charge on any atom is 0.246 e. The second-order valence-corrected chi connectivity index (χ2v) is 8.31. The monoisotopic (exact) mass is 385 g/mol. The molecule has 0 unspecified atom stereocenters. The first-order valence-corrected chi connectivity index (χ1v) is 9.68. The molecule has 0 spiro atoms. The highest BCUT2D eigenvalue weighted by Crippen LogP contribution is 2.64. The lowest BCUT2D eigenvalue weighted by atomic mass is 9.98. The van der Waals surface area contributed by atoms with Crippen LogP contribution in [0.25, 0.3) is 0 Å². The number of halogens is 1. The average Bonchev–Trinajstić information content (AvgIpc) is 3.41. The molecule has 1 aromatic carbocycles. The number of thioether (sulfide) groups is 1. The van der Waals surface area contributed by atoms with Crippen LogP contribution in [0.1, 0.15) is 23.6 Å². The molecule has 0 aromatic heterocycles. The Morgan fingerprint density at radius 3 is 3.00 bits per heavy atom. The van der Waals surface area contributed by atoms with E-state index in [4.69, 9.17) is 16.9 Å². The zero-order chi connectivity index (χ0) is 19.0. The van der Waals surface area contributed by atoms with Gasteiger partial charge in [-0.15, -0.1) is 6.42 Å². The van der Waals surface area contributed by atoms with E-state index >= 15 is 0 Å². The number of nitrogens with two attached hydrogens (primary N) is 1. The molecule has 1 saturated carbocycles. The first kappa shape index (κ1) is 18.1. The Balaban J connectivity index is 1.55. The fraction of sp³-hybridized carbons (Fsp3) is 0.400. The van der Waals surface area contributed by atoms with Gasteiger partial charge >= 0.3 is 0 Å². The molecule has 1 aliphatic carbocycles. The number of benzene rings is 1. The number of morpholine rings is 1. The number of aliphatic imine (C=N–C) groups is 1. The highest BCUT2D eigenvalue weighted by molar-refractivity contribution is 8.15. The first-order chi connectivity index (χ1) is 13.0. The molecule has 7 heteroatoms. The van der Waals surface area contributed by atoms with E-state index in [9.17, 15) is 9.18 Å². The molecule has 2 fully saturated rings. The Hall–Kier alpha value is -2.30. The van der Waals surface area contributed by atoms with Crippen molar-refractivity contribution in [3.63, 3.8) is 0 Å². The number of terminal acetylenes is 1. The predicted octanol–water partition coefficient (Wildman–Crippen LogP) is 2.08. The number of hydrogen-bond donors (Lipinski definition) is 1. The molecule has 2 N–H and O–H groups in total. The van der Waals surface area contributed by atoms with Crippen molar-refractivity contribution in [3.05, 3.63) is 47.3 Å². The van der Waals surface area contributed by atoms with Crippen LogP contribution in [0, 0.1) is 24.1 Å². The van der Waals surface area contributed by atoms with Gasteiger partial charge < -0.3 is 15.4 Å². The van der Waals surface area contributed by atoms with E-state index in [2.05, 4.69) is 10.9 Å². The van der Waals surface area contributed by atoms with Crippen LogP contribution in [0.4, 0.5) is 4.39 Å². The molecule has 4 rings (SSSR count). The van der Waals surface area contributed by atoms with Gasteiger partial charge in [-0.25, -0.2) is 4.39 Å². The second kappa shape index (κ2) is 7.02. The number of carbonyl (C=O) groups excluding carboxylic acids is 1. The topological polar surface area (TPSA) is 67.9 Å². The van der Waals surface area contributed by atoms with Crippen molar-refractivity contribution in [1.29, 1.82) is 0 Å². The zero-order valence-corrected chi connectivity index (χ0v) is 15.5. The van der Waals surface area contributed by atoms with E-state index in [-0.39, 0.29) is 28.4 Å². The molecule has 5 nitrogen and oxygen atoms in total. The lowest BCUT2D eigenvalue weighted by Gasteiger charge is -2.26. The van der Waals surface area contributed by atoms with Crippen LogP contribution in [0.5, 0.6) is 0 Å². The second-order valence-electron chi connectivity index (χ2n) is 6.93. The van der Waals surface area contributed by atoms with Gasteiger partial charge in [0.05, 0.1) is 19.3 Å². The Morgan fingerprint density at radius 2 is 2.26 bits per heavy atom. The molecule has 2 aliphatic heterocycles. The van der Waals surface area contributed by atoms with Gasteiger partial charge in [-0.1, -0.05) is 23.8 Å². The Morgan fingerprint density at radius 1 is 1.48 bits per heavy atom. The molecule has 3 aliphatic rings. The molecule has 1 amide bonds. The van der Waals surface area contributed by atoms with Gasteiger partial charge in [0, 0.05) is 41.0 Å². The van der Waals surface area contributed by atoms with E-state index in [1.165, 1.54) is 17.8 Å². The molecule has 0 bridgehead atoms. The summed E-state index contributed by atoms with van der Waals surface area (Å²) in [7, 11) is 0. The minimum Gasteiger partial charge on any atom is -0.378 e. The number of rotatable bonds is 3. The van der Waals surface area contributed by atoms with E-state index in [0.29, 0.717) is 42.6 Å². The Bertz CT molecular complexity index is 872. The van der Waals surface area contributed by atoms with Gasteiger partial charge in [0.2, 0.25) is 5.91 Å². The van der Waals surface area contributed by atoms with Crippen LogP contribution in [-0.2, 0) is 9.53 Å². The fourth-order valence-electron chi connectivity index (χ4n) is 3.70. The van der Waals surface area contributed by atoms with Gasteiger partial charge in [-0.2, -0.15) is 0 Å². The first-order valence-electron chi connectivity index (χ1n) is 8.87. The molecular weight excluding hydrogens is 365 g/mol. The number of carbonyl (C=O) groups is 1. The van der Waals surface area contributed by atoms with Crippen molar-refractivity contribution in [2.75, 3.05) is 26.3 Å². The highest BCUT2D eigenvalue weighted by atomic mass is 32.2. The number of hydrogen-bond acceptors (Lipinski definition) is 5. The van der Waals surface area contributed by atoms with Crippen LogP contribution in [0.3, 0.4) is 0 Å². The van der Waals surface area contributed by atoms with Crippen molar-refractivity contribution in [3.8, 4) is 12.3 Å². The highest BCUT2D eigenvalue weighted by Gasteiger charge is 2.60. The summed E-state index contributed by atoms with van der Waals surface area (Å²) in [5.74, 6) is 2.26. The van der Waals surface area contributed by atoms with Crippen molar-refractivity contribution >= 4 is 22.8 Å². The molecule has 1 saturated heterocycles. The van der Waals surface area contributed by atoms with E-state index in [1.54, 1.807) is 23.1 Å². The number of amidine groups is 1. The van der Waals surface area contributed by atoms with Crippen molar-refractivity contribution in [2.24, 2.45) is 16.6 Å². The SMILES string of the molecule is C#Cc1ccc(F)c([C@H]2N=C(N)S[C@@]3(/C=C/C(=O)N4CCOCC4)C[C@@H]23)c1. The minimum atomic E-state index is -0.386. The third kappa shape index (κ3) is 3.47. The summed E-state index contributed by atoms with van der Waals surface area (Å²) >= 11 is 1.45. The molecule has 27 heavy (non-hydrogen) atoms. The number of ether oxygens (including phenoxy) is 1. The standard InChI is InChI=1S/C20H20FN3O2S/c1-2-13-3-4-16(21)14(11-13)18-15-12-20(15,27-19(22)23-18)6-5-17(25)24-7-9-26-10-8-24/h1,3-6,11,15,18H,7-10,12H2,(H2,22,23)/b6-5+/t15-,18+,20-/m0/s1. The minimum absolute atomic E-state index is 0.0305. The van der Waals surface area contributed by atoms with Crippen LogP contribution in [0.2, 0.25) is 0 Å². The third-order valence-corrected chi connectivity index (χ3v) is 6.56. The third-order valence-electron chi connectivity index (χ3n) is 5.26. The number of amides is 1. The summed E-state index contributed by atoms with van der Waals surface area (Å²) in [4.78, 5) is 18.6. The summed E-state index contributed by atoms with van der Waals surface area (Å²) < 4.78 is 19.4.